The zero-order valence-electron chi connectivity index (χ0n) is 30.0. The molecule has 2 aliphatic carbocycles. The molecule has 7 aromatic carbocycles. The van der Waals surface area contributed by atoms with Gasteiger partial charge in [-0.3, -0.25) is 0 Å². The van der Waals surface area contributed by atoms with E-state index in [4.69, 9.17) is 0 Å². The maximum absolute atomic E-state index is 2.48. The molecule has 0 N–H and O–H groups in total. The third kappa shape index (κ3) is 5.28. The number of fused-ring (bicyclic) bond motifs is 6. The zero-order valence-corrected chi connectivity index (χ0v) is 30.8. The maximum atomic E-state index is 2.48. The Bertz CT molecular complexity index is 2730. The van der Waals surface area contributed by atoms with Crippen LogP contribution in [0.2, 0.25) is 0 Å². The fourth-order valence-corrected chi connectivity index (χ4v) is 9.95. The molecule has 0 amide bonds. The summed E-state index contributed by atoms with van der Waals surface area (Å²) < 4.78 is 2.66. The molecule has 0 aliphatic heterocycles. The first kappa shape index (κ1) is 31.7. The summed E-state index contributed by atoms with van der Waals surface area (Å²) in [5.41, 5.74) is 15.2. The molecule has 1 heterocycles. The molecule has 0 spiro atoms. The van der Waals surface area contributed by atoms with Crippen LogP contribution in [0.3, 0.4) is 0 Å². The summed E-state index contributed by atoms with van der Waals surface area (Å²) in [5, 5.41) is 2.64. The second-order valence-electron chi connectivity index (χ2n) is 14.9. The van der Waals surface area contributed by atoms with Crippen molar-refractivity contribution in [3.05, 3.63) is 204 Å². The molecule has 1 nitrogen and oxygen atoms in total. The van der Waals surface area contributed by atoms with Crippen molar-refractivity contribution in [2.45, 2.75) is 31.6 Å². The van der Waals surface area contributed by atoms with E-state index in [0.29, 0.717) is 5.92 Å². The van der Waals surface area contributed by atoms with E-state index in [-0.39, 0.29) is 5.41 Å². The fraction of sp³-hybridized carbons (Fsp3) is 0.0980. The van der Waals surface area contributed by atoms with Crippen molar-refractivity contribution >= 4 is 42.9 Å². The minimum absolute atomic E-state index is 0.0925. The summed E-state index contributed by atoms with van der Waals surface area (Å²) in [6.45, 7) is 4.74. The summed E-state index contributed by atoms with van der Waals surface area (Å²) in [6, 6.07) is 60.5. The minimum atomic E-state index is -0.0925. The Morgan fingerprint density at radius 3 is 2.02 bits per heavy atom. The monoisotopic (exact) mass is 697 g/mol. The van der Waals surface area contributed by atoms with Crippen LogP contribution in [0, 0.1) is 0 Å². The number of anilines is 2. The summed E-state index contributed by atoms with van der Waals surface area (Å²) >= 11 is 1.89. The van der Waals surface area contributed by atoms with Gasteiger partial charge in [0.1, 0.15) is 0 Å². The van der Waals surface area contributed by atoms with Gasteiger partial charge in [0.15, 0.2) is 0 Å². The van der Waals surface area contributed by atoms with Crippen LogP contribution in [0.4, 0.5) is 11.4 Å². The van der Waals surface area contributed by atoms with Crippen LogP contribution < -0.4 is 4.90 Å². The lowest BCUT2D eigenvalue weighted by molar-refractivity contribution is 0.660. The largest absolute Gasteiger partial charge is 0.311 e. The molecule has 1 unspecified atom stereocenters. The highest BCUT2D eigenvalue weighted by atomic mass is 32.1. The Labute approximate surface area is 315 Å². The lowest BCUT2D eigenvalue weighted by atomic mass is 9.82. The third-order valence-electron chi connectivity index (χ3n) is 11.4. The van der Waals surface area contributed by atoms with Gasteiger partial charge in [-0.05, 0) is 87.3 Å². The van der Waals surface area contributed by atoms with E-state index in [0.717, 1.165) is 12.1 Å². The Morgan fingerprint density at radius 1 is 0.547 bits per heavy atom. The number of hydrogen-bond donors (Lipinski definition) is 0. The SMILES string of the molecule is CC1(C)c2ccccc2-c2ccc(N(C3=CCC(c4ccccc4)C=C3)c3ccc(-c4cccc5c4sc4ccccc45)c(-c4ccccc4)c3)cc21. The van der Waals surface area contributed by atoms with Gasteiger partial charge in [0.2, 0.25) is 0 Å². The zero-order chi connectivity index (χ0) is 35.5. The lowest BCUT2D eigenvalue weighted by Gasteiger charge is -2.31. The number of nitrogens with zero attached hydrogens (tertiary/aromatic N) is 1. The first-order valence-electron chi connectivity index (χ1n) is 18.6. The molecule has 0 saturated carbocycles. The molecule has 0 radical (unpaired) electrons. The Balaban J connectivity index is 1.16. The van der Waals surface area contributed by atoms with E-state index in [1.807, 2.05) is 11.3 Å². The molecule has 0 fully saturated rings. The number of allylic oxidation sites excluding steroid dienone is 3. The van der Waals surface area contributed by atoms with Crippen LogP contribution in [0.15, 0.2) is 188 Å². The van der Waals surface area contributed by atoms with Gasteiger partial charge in [0, 0.05) is 54.1 Å². The third-order valence-corrected chi connectivity index (χ3v) is 12.7. The molecule has 254 valence electrons. The summed E-state index contributed by atoms with van der Waals surface area (Å²) in [4.78, 5) is 2.48. The van der Waals surface area contributed by atoms with E-state index >= 15 is 0 Å². The van der Waals surface area contributed by atoms with Gasteiger partial charge in [0.05, 0.1) is 0 Å². The highest BCUT2D eigenvalue weighted by molar-refractivity contribution is 7.26. The smallest absolute Gasteiger partial charge is 0.0468 e. The van der Waals surface area contributed by atoms with Crippen LogP contribution in [0.25, 0.3) is 53.6 Å². The second kappa shape index (κ2) is 12.6. The van der Waals surface area contributed by atoms with E-state index in [1.54, 1.807) is 0 Å². The molecule has 8 aromatic rings. The van der Waals surface area contributed by atoms with Crippen LogP contribution in [-0.2, 0) is 5.41 Å². The molecule has 1 atom stereocenters. The highest BCUT2D eigenvalue weighted by Crippen LogP contribution is 2.51. The summed E-state index contributed by atoms with van der Waals surface area (Å²) in [6.07, 6.45) is 8.10. The Hall–Kier alpha value is -5.96. The van der Waals surface area contributed by atoms with Gasteiger partial charge in [-0.15, -0.1) is 11.3 Å². The Morgan fingerprint density at radius 2 is 1.21 bits per heavy atom. The number of benzene rings is 7. The van der Waals surface area contributed by atoms with Crippen molar-refractivity contribution in [3.63, 3.8) is 0 Å². The predicted molar refractivity (Wildman–Crippen MR) is 227 cm³/mol. The van der Waals surface area contributed by atoms with Crippen LogP contribution in [0.5, 0.6) is 0 Å². The number of thiophene rings is 1. The molecule has 0 saturated heterocycles. The maximum Gasteiger partial charge on any atom is 0.0468 e. The average Bonchev–Trinajstić information content (AvgIpc) is 3.71. The molecular formula is C51H39NS. The van der Waals surface area contributed by atoms with Crippen molar-refractivity contribution in [1.82, 2.24) is 0 Å². The van der Waals surface area contributed by atoms with E-state index in [9.17, 15) is 0 Å². The first-order valence-corrected chi connectivity index (χ1v) is 19.4. The van der Waals surface area contributed by atoms with Crippen molar-refractivity contribution < 1.29 is 0 Å². The molecule has 1 aromatic heterocycles. The lowest BCUT2D eigenvalue weighted by Crippen LogP contribution is -2.19. The van der Waals surface area contributed by atoms with Gasteiger partial charge in [-0.2, -0.15) is 0 Å². The van der Waals surface area contributed by atoms with E-state index < -0.39 is 0 Å². The topological polar surface area (TPSA) is 3.24 Å². The van der Waals surface area contributed by atoms with Crippen LogP contribution >= 0.6 is 11.3 Å². The fourth-order valence-electron chi connectivity index (χ4n) is 8.72. The summed E-state index contributed by atoms with van der Waals surface area (Å²) in [7, 11) is 0. The molecule has 0 bridgehead atoms. The van der Waals surface area contributed by atoms with Crippen LogP contribution in [-0.4, -0.2) is 0 Å². The normalized spacial score (nSPS) is 15.7. The van der Waals surface area contributed by atoms with Crippen molar-refractivity contribution in [2.75, 3.05) is 4.90 Å². The molecule has 10 rings (SSSR count). The van der Waals surface area contributed by atoms with E-state index in [2.05, 4.69) is 201 Å². The van der Waals surface area contributed by atoms with Crippen molar-refractivity contribution in [1.29, 1.82) is 0 Å². The number of hydrogen-bond acceptors (Lipinski definition) is 2. The van der Waals surface area contributed by atoms with Gasteiger partial charge in [-0.1, -0.05) is 159 Å². The first-order chi connectivity index (χ1) is 26.0. The quantitative estimate of drug-likeness (QED) is 0.167. The van der Waals surface area contributed by atoms with E-state index in [1.165, 1.54) is 81.6 Å². The standard InChI is InChI=1S/C51H39NS/c1-51(2)47-22-11-9-18-41(47)42-31-29-39(33-48(42)51)52(37-26-24-35(25-27-37)34-14-5-3-6-15-34)38-28-30-40(46(32-38)36-16-7-4-8-17-36)44-20-13-21-45-43-19-10-12-23-49(43)53-50(44)45/h3-24,26-33,35H,25H2,1-2H3. The van der Waals surface area contributed by atoms with Gasteiger partial charge in [-0.25, -0.2) is 0 Å². The summed E-state index contributed by atoms with van der Waals surface area (Å²) in [5.74, 6) is 0.360. The molecule has 2 heteroatoms. The molecule has 2 aliphatic rings. The predicted octanol–water partition coefficient (Wildman–Crippen LogP) is 14.5. The Kier molecular flexibility index (Phi) is 7.56. The average molecular weight is 698 g/mol. The molecule has 53 heavy (non-hydrogen) atoms. The minimum Gasteiger partial charge on any atom is -0.311 e. The van der Waals surface area contributed by atoms with Crippen LogP contribution in [0.1, 0.15) is 42.9 Å². The van der Waals surface area contributed by atoms with Gasteiger partial charge < -0.3 is 4.90 Å². The van der Waals surface area contributed by atoms with Gasteiger partial charge in [0.25, 0.3) is 0 Å². The van der Waals surface area contributed by atoms with Crippen molar-refractivity contribution in [2.24, 2.45) is 0 Å². The molecular weight excluding hydrogens is 659 g/mol. The highest BCUT2D eigenvalue weighted by Gasteiger charge is 2.36. The van der Waals surface area contributed by atoms with Gasteiger partial charge >= 0.3 is 0 Å². The van der Waals surface area contributed by atoms with Crippen molar-refractivity contribution in [3.8, 4) is 33.4 Å². The number of rotatable bonds is 6. The second-order valence-corrected chi connectivity index (χ2v) is 15.9.